The Kier molecular flexibility index (Phi) is 3.93. The zero-order valence-corrected chi connectivity index (χ0v) is 9.79. The predicted molar refractivity (Wildman–Crippen MR) is 58.8 cm³/mol. The highest BCUT2D eigenvalue weighted by Gasteiger charge is 2.24. The average molecular weight is 215 g/mol. The fraction of sp³-hybridized carbons (Fsp3) is 0.900. The maximum absolute atomic E-state index is 11.3. The second-order valence-electron chi connectivity index (χ2n) is 4.61. The number of nitrogens with one attached hydrogen (secondary N) is 1. The van der Waals surface area contributed by atoms with Crippen molar-refractivity contribution < 1.29 is 9.90 Å². The largest absolute Gasteiger partial charge is 0.394 e. The molecule has 1 rings (SSSR count). The molecule has 88 valence electrons. The Morgan fingerprint density at radius 3 is 2.73 bits per heavy atom. The minimum Gasteiger partial charge on any atom is -0.394 e. The standard InChI is InChI=1S/C10H21N3O2/c1-10(2,8-14)12(3)6-7-13-5-4-11-9(13)15/h14H,4-8H2,1-3H3,(H,11,15). The molecule has 0 aliphatic carbocycles. The molecule has 0 aromatic heterocycles. The molecule has 1 heterocycles. The van der Waals surface area contributed by atoms with Gasteiger partial charge in [-0.1, -0.05) is 0 Å². The molecule has 2 amide bonds. The maximum Gasteiger partial charge on any atom is 0.317 e. The number of likely N-dealkylation sites (N-methyl/N-ethyl adjacent to an activating group) is 1. The highest BCUT2D eigenvalue weighted by molar-refractivity contribution is 5.76. The average Bonchev–Trinajstić information content (AvgIpc) is 2.60. The van der Waals surface area contributed by atoms with Crippen LogP contribution in [0.4, 0.5) is 4.79 Å². The van der Waals surface area contributed by atoms with Crippen molar-refractivity contribution in [2.24, 2.45) is 0 Å². The molecule has 2 N–H and O–H groups in total. The fourth-order valence-corrected chi connectivity index (χ4v) is 1.42. The Labute approximate surface area is 91.0 Å². The van der Waals surface area contributed by atoms with E-state index in [1.54, 1.807) is 4.90 Å². The van der Waals surface area contributed by atoms with E-state index >= 15 is 0 Å². The monoisotopic (exact) mass is 215 g/mol. The molecule has 1 fully saturated rings. The Hall–Kier alpha value is -0.810. The molecule has 5 nitrogen and oxygen atoms in total. The molecule has 0 radical (unpaired) electrons. The molecule has 15 heavy (non-hydrogen) atoms. The first kappa shape index (κ1) is 12.3. The first-order valence-corrected chi connectivity index (χ1v) is 5.32. The number of carbonyl (C=O) groups excluding carboxylic acids is 1. The van der Waals surface area contributed by atoms with Crippen LogP contribution >= 0.6 is 0 Å². The third-order valence-electron chi connectivity index (χ3n) is 3.07. The van der Waals surface area contributed by atoms with Gasteiger partial charge in [0, 0.05) is 31.7 Å². The first-order chi connectivity index (χ1) is 6.97. The van der Waals surface area contributed by atoms with Gasteiger partial charge in [-0.2, -0.15) is 0 Å². The van der Waals surface area contributed by atoms with Gasteiger partial charge in [0.2, 0.25) is 0 Å². The molecule has 0 atom stereocenters. The van der Waals surface area contributed by atoms with E-state index < -0.39 is 0 Å². The number of nitrogens with zero attached hydrogens (tertiary/aromatic N) is 2. The van der Waals surface area contributed by atoms with Crippen LogP contribution in [0.3, 0.4) is 0 Å². The van der Waals surface area contributed by atoms with Gasteiger partial charge in [-0.05, 0) is 20.9 Å². The summed E-state index contributed by atoms with van der Waals surface area (Å²) in [5.74, 6) is 0. The van der Waals surface area contributed by atoms with Crippen molar-refractivity contribution in [3.63, 3.8) is 0 Å². The van der Waals surface area contributed by atoms with Gasteiger partial charge < -0.3 is 15.3 Å². The lowest BCUT2D eigenvalue weighted by Crippen LogP contribution is -2.47. The van der Waals surface area contributed by atoms with Crippen LogP contribution in [-0.2, 0) is 0 Å². The van der Waals surface area contributed by atoms with Crippen molar-refractivity contribution in [2.75, 3.05) is 39.8 Å². The third-order valence-corrected chi connectivity index (χ3v) is 3.07. The van der Waals surface area contributed by atoms with Gasteiger partial charge in [0.25, 0.3) is 0 Å². The van der Waals surface area contributed by atoms with Crippen molar-refractivity contribution in [3.8, 4) is 0 Å². The second kappa shape index (κ2) is 4.81. The lowest BCUT2D eigenvalue weighted by molar-refractivity contribution is 0.0740. The summed E-state index contributed by atoms with van der Waals surface area (Å²) in [5.41, 5.74) is -0.226. The van der Waals surface area contributed by atoms with Gasteiger partial charge in [0.05, 0.1) is 6.61 Å². The summed E-state index contributed by atoms with van der Waals surface area (Å²) in [4.78, 5) is 15.1. The van der Waals surface area contributed by atoms with E-state index in [4.69, 9.17) is 0 Å². The highest BCUT2D eigenvalue weighted by atomic mass is 16.3. The van der Waals surface area contributed by atoms with E-state index in [2.05, 4.69) is 10.2 Å². The van der Waals surface area contributed by atoms with Crippen LogP contribution in [0.5, 0.6) is 0 Å². The molecule has 5 heteroatoms. The maximum atomic E-state index is 11.3. The van der Waals surface area contributed by atoms with Gasteiger partial charge in [-0.3, -0.25) is 4.90 Å². The Morgan fingerprint density at radius 2 is 2.27 bits per heavy atom. The summed E-state index contributed by atoms with van der Waals surface area (Å²) >= 11 is 0. The normalized spacial score (nSPS) is 17.4. The number of hydrogen-bond donors (Lipinski definition) is 2. The van der Waals surface area contributed by atoms with Crippen LogP contribution in [0.15, 0.2) is 0 Å². The van der Waals surface area contributed by atoms with Crippen LogP contribution in [0, 0.1) is 0 Å². The molecular weight excluding hydrogens is 194 g/mol. The summed E-state index contributed by atoms with van der Waals surface area (Å²) in [6.45, 7) is 7.11. The Morgan fingerprint density at radius 1 is 1.60 bits per heavy atom. The number of aliphatic hydroxyl groups is 1. The lowest BCUT2D eigenvalue weighted by atomic mass is 10.1. The van der Waals surface area contributed by atoms with E-state index in [0.717, 1.165) is 19.6 Å². The summed E-state index contributed by atoms with van der Waals surface area (Å²) in [6, 6.07) is 0.0187. The Bertz CT molecular complexity index is 231. The summed E-state index contributed by atoms with van der Waals surface area (Å²) < 4.78 is 0. The highest BCUT2D eigenvalue weighted by Crippen LogP contribution is 2.10. The zero-order valence-electron chi connectivity index (χ0n) is 9.79. The number of rotatable bonds is 5. The fourth-order valence-electron chi connectivity index (χ4n) is 1.42. The molecule has 1 aliphatic heterocycles. The van der Waals surface area contributed by atoms with Crippen molar-refractivity contribution >= 4 is 6.03 Å². The van der Waals surface area contributed by atoms with E-state index in [-0.39, 0.29) is 18.2 Å². The van der Waals surface area contributed by atoms with Gasteiger partial charge in [0.15, 0.2) is 0 Å². The van der Waals surface area contributed by atoms with Gasteiger partial charge in [0.1, 0.15) is 0 Å². The number of amides is 2. The zero-order chi connectivity index (χ0) is 11.5. The van der Waals surface area contributed by atoms with Crippen LogP contribution in [0.1, 0.15) is 13.8 Å². The summed E-state index contributed by atoms with van der Waals surface area (Å²) in [7, 11) is 1.96. The van der Waals surface area contributed by atoms with E-state index in [1.165, 1.54) is 0 Å². The number of carbonyl (C=O) groups is 1. The lowest BCUT2D eigenvalue weighted by Gasteiger charge is -2.34. The minimum absolute atomic E-state index is 0.0187. The molecule has 1 saturated heterocycles. The van der Waals surface area contributed by atoms with Crippen LogP contribution in [0.2, 0.25) is 0 Å². The van der Waals surface area contributed by atoms with Crippen LogP contribution < -0.4 is 5.32 Å². The van der Waals surface area contributed by atoms with Crippen molar-refractivity contribution in [3.05, 3.63) is 0 Å². The van der Waals surface area contributed by atoms with Crippen LogP contribution in [-0.4, -0.2) is 66.3 Å². The molecule has 0 aromatic carbocycles. The van der Waals surface area contributed by atoms with Gasteiger partial charge in [-0.25, -0.2) is 4.79 Å². The topological polar surface area (TPSA) is 55.8 Å². The van der Waals surface area contributed by atoms with E-state index in [9.17, 15) is 9.90 Å². The molecule has 0 saturated carbocycles. The van der Waals surface area contributed by atoms with E-state index in [0.29, 0.717) is 6.54 Å². The number of hydrogen-bond acceptors (Lipinski definition) is 3. The predicted octanol–water partition coefficient (Wildman–Crippen LogP) is -0.286. The molecule has 0 aromatic rings. The quantitative estimate of drug-likeness (QED) is 0.663. The molecule has 0 spiro atoms. The molecule has 1 aliphatic rings. The second-order valence-corrected chi connectivity index (χ2v) is 4.61. The van der Waals surface area contributed by atoms with E-state index in [1.807, 2.05) is 20.9 Å². The van der Waals surface area contributed by atoms with Gasteiger partial charge in [-0.15, -0.1) is 0 Å². The number of aliphatic hydroxyl groups excluding tert-OH is 1. The Balaban J connectivity index is 2.33. The number of urea groups is 1. The SMILES string of the molecule is CN(CCN1CCNC1=O)C(C)(C)CO. The summed E-state index contributed by atoms with van der Waals surface area (Å²) in [6.07, 6.45) is 0. The first-order valence-electron chi connectivity index (χ1n) is 5.32. The molecular formula is C10H21N3O2. The third kappa shape index (κ3) is 3.07. The smallest absolute Gasteiger partial charge is 0.317 e. The van der Waals surface area contributed by atoms with Crippen molar-refractivity contribution in [1.29, 1.82) is 0 Å². The molecule has 0 unspecified atom stereocenters. The van der Waals surface area contributed by atoms with Gasteiger partial charge >= 0.3 is 6.03 Å². The molecule has 0 bridgehead atoms. The van der Waals surface area contributed by atoms with Crippen LogP contribution in [0.25, 0.3) is 0 Å². The van der Waals surface area contributed by atoms with Crippen molar-refractivity contribution in [2.45, 2.75) is 19.4 Å². The summed E-state index contributed by atoms with van der Waals surface area (Å²) in [5, 5.41) is 11.9. The van der Waals surface area contributed by atoms with Crippen molar-refractivity contribution in [1.82, 2.24) is 15.1 Å². The minimum atomic E-state index is -0.226.